The van der Waals surface area contributed by atoms with Crippen LogP contribution in [0.1, 0.15) is 13.8 Å². The van der Waals surface area contributed by atoms with Crippen LogP contribution in [0.2, 0.25) is 0 Å². The fourth-order valence-electron chi connectivity index (χ4n) is 0.712. The highest BCUT2D eigenvalue weighted by Gasteiger charge is 2.03. The van der Waals surface area contributed by atoms with Crippen molar-refractivity contribution < 1.29 is 0 Å². The molecule has 0 atom stereocenters. The molecule has 0 spiro atoms. The summed E-state index contributed by atoms with van der Waals surface area (Å²) in [4.78, 5) is 3.94. The number of aliphatic imine (C=N–C) groups is 1. The Balaban J connectivity index is 5.14. The summed E-state index contributed by atoms with van der Waals surface area (Å²) in [5.41, 5.74) is 0.884. The third-order valence-corrected chi connectivity index (χ3v) is 1.39. The van der Waals surface area contributed by atoms with Gasteiger partial charge in [0.1, 0.15) is 12.1 Å². The molecule has 1 N–H and O–H groups in total. The number of rotatable bonds is 4. The lowest BCUT2D eigenvalue weighted by molar-refractivity contribution is 0.871. The standard InChI is InChI=1S/C10H12N4/c1-4-8(3)14-10(7-12)9(6-11)13-5-2/h4,13H,1,5H2,2-3H3/b10-9-,14-8?. The molecule has 0 aliphatic carbocycles. The molecule has 4 nitrogen and oxygen atoms in total. The minimum absolute atomic E-state index is 0.0896. The van der Waals surface area contributed by atoms with Gasteiger partial charge >= 0.3 is 0 Å². The first-order valence-corrected chi connectivity index (χ1v) is 4.15. The number of nitrogens with zero attached hydrogens (tertiary/aromatic N) is 3. The van der Waals surface area contributed by atoms with Gasteiger partial charge in [0.25, 0.3) is 0 Å². The predicted molar refractivity (Wildman–Crippen MR) is 55.2 cm³/mol. The lowest BCUT2D eigenvalue weighted by Gasteiger charge is -2.00. The maximum absolute atomic E-state index is 8.76. The number of hydrogen-bond donors (Lipinski definition) is 1. The molecule has 0 rings (SSSR count). The fraction of sp³-hybridized carbons (Fsp3) is 0.300. The number of nitriles is 2. The van der Waals surface area contributed by atoms with Crippen molar-refractivity contribution in [3.05, 3.63) is 24.0 Å². The van der Waals surface area contributed by atoms with Gasteiger partial charge in [-0.25, -0.2) is 4.99 Å². The van der Waals surface area contributed by atoms with E-state index in [9.17, 15) is 0 Å². The zero-order valence-electron chi connectivity index (χ0n) is 8.33. The summed E-state index contributed by atoms with van der Waals surface area (Å²) in [5, 5.41) is 20.3. The van der Waals surface area contributed by atoms with E-state index in [0.717, 1.165) is 0 Å². The second-order valence-corrected chi connectivity index (χ2v) is 2.43. The van der Waals surface area contributed by atoms with Crippen LogP contribution in [0.25, 0.3) is 0 Å². The van der Waals surface area contributed by atoms with Gasteiger partial charge in [-0.05, 0) is 19.9 Å². The Morgan fingerprint density at radius 2 is 2.14 bits per heavy atom. The van der Waals surface area contributed by atoms with Crippen molar-refractivity contribution in [3.8, 4) is 12.1 Å². The van der Waals surface area contributed by atoms with Gasteiger partial charge in [0.2, 0.25) is 0 Å². The molecule has 0 aliphatic rings. The Morgan fingerprint density at radius 1 is 1.50 bits per heavy atom. The van der Waals surface area contributed by atoms with E-state index in [1.807, 2.05) is 19.1 Å². The molecule has 0 bridgehead atoms. The topological polar surface area (TPSA) is 72.0 Å². The number of nitrogens with one attached hydrogen (secondary N) is 1. The van der Waals surface area contributed by atoms with E-state index in [1.165, 1.54) is 6.08 Å². The number of hydrogen-bond acceptors (Lipinski definition) is 4. The number of allylic oxidation sites excluding steroid dienone is 3. The fourth-order valence-corrected chi connectivity index (χ4v) is 0.712. The average Bonchev–Trinajstić information content (AvgIpc) is 2.22. The van der Waals surface area contributed by atoms with Crippen molar-refractivity contribution in [1.29, 1.82) is 10.5 Å². The van der Waals surface area contributed by atoms with Crippen LogP contribution in [-0.2, 0) is 0 Å². The van der Waals surface area contributed by atoms with Crippen molar-refractivity contribution in [2.75, 3.05) is 6.54 Å². The maximum atomic E-state index is 8.76. The first kappa shape index (κ1) is 11.9. The average molecular weight is 188 g/mol. The van der Waals surface area contributed by atoms with E-state index >= 15 is 0 Å². The van der Waals surface area contributed by atoms with E-state index in [1.54, 1.807) is 6.92 Å². The predicted octanol–water partition coefficient (Wildman–Crippen LogP) is 1.50. The van der Waals surface area contributed by atoms with E-state index in [-0.39, 0.29) is 11.4 Å². The molecule has 0 radical (unpaired) electrons. The molecule has 0 aromatic rings. The highest BCUT2D eigenvalue weighted by molar-refractivity contribution is 5.93. The summed E-state index contributed by atoms with van der Waals surface area (Å²) in [6.45, 7) is 7.65. The molecule has 0 aromatic heterocycles. The van der Waals surface area contributed by atoms with Crippen LogP contribution >= 0.6 is 0 Å². The van der Waals surface area contributed by atoms with E-state index in [4.69, 9.17) is 10.5 Å². The van der Waals surface area contributed by atoms with Crippen LogP contribution in [0.15, 0.2) is 29.0 Å². The Hall–Kier alpha value is -2.07. The Bertz CT molecular complexity index is 349. The van der Waals surface area contributed by atoms with Gasteiger partial charge in [0.05, 0.1) is 0 Å². The third kappa shape index (κ3) is 3.55. The third-order valence-electron chi connectivity index (χ3n) is 1.39. The van der Waals surface area contributed by atoms with Gasteiger partial charge in [-0.1, -0.05) is 6.58 Å². The smallest absolute Gasteiger partial charge is 0.174 e. The van der Waals surface area contributed by atoms with Crippen LogP contribution in [0, 0.1) is 22.7 Å². The van der Waals surface area contributed by atoms with Crippen molar-refractivity contribution in [2.24, 2.45) is 4.99 Å². The zero-order valence-corrected chi connectivity index (χ0v) is 8.33. The van der Waals surface area contributed by atoms with Gasteiger partial charge in [0, 0.05) is 12.3 Å². The zero-order chi connectivity index (χ0) is 11.0. The van der Waals surface area contributed by atoms with Crippen LogP contribution in [-0.4, -0.2) is 12.3 Å². The molecule has 72 valence electrons. The summed E-state index contributed by atoms with van der Waals surface area (Å²) < 4.78 is 0. The molecule has 0 aliphatic heterocycles. The highest BCUT2D eigenvalue weighted by atomic mass is 14.9. The van der Waals surface area contributed by atoms with Gasteiger partial charge in [-0.15, -0.1) is 0 Å². The summed E-state index contributed by atoms with van der Waals surface area (Å²) in [6, 6.07) is 3.75. The lowest BCUT2D eigenvalue weighted by atomic mass is 10.3. The second-order valence-electron chi connectivity index (χ2n) is 2.43. The summed E-state index contributed by atoms with van der Waals surface area (Å²) in [5.74, 6) is 0. The van der Waals surface area contributed by atoms with Crippen LogP contribution < -0.4 is 5.32 Å². The maximum Gasteiger partial charge on any atom is 0.174 e. The summed E-state index contributed by atoms with van der Waals surface area (Å²) in [7, 11) is 0. The molecule has 4 heteroatoms. The van der Waals surface area contributed by atoms with E-state index < -0.39 is 0 Å². The molecule has 0 unspecified atom stereocenters. The van der Waals surface area contributed by atoms with Crippen LogP contribution in [0.5, 0.6) is 0 Å². The second kappa shape index (κ2) is 6.45. The molecule has 0 saturated heterocycles. The Labute approximate surface area is 83.9 Å². The quantitative estimate of drug-likeness (QED) is 0.536. The van der Waals surface area contributed by atoms with Crippen molar-refractivity contribution in [2.45, 2.75) is 13.8 Å². The minimum atomic E-state index is 0.0896. The van der Waals surface area contributed by atoms with Crippen molar-refractivity contribution in [1.82, 2.24) is 5.32 Å². The Kier molecular flexibility index (Phi) is 5.49. The highest BCUT2D eigenvalue weighted by Crippen LogP contribution is 2.02. The van der Waals surface area contributed by atoms with Gasteiger partial charge in [-0.3, -0.25) is 0 Å². The van der Waals surface area contributed by atoms with Gasteiger partial charge in [-0.2, -0.15) is 10.5 Å². The largest absolute Gasteiger partial charge is 0.374 e. The lowest BCUT2D eigenvalue weighted by Crippen LogP contribution is -2.12. The molecule has 14 heavy (non-hydrogen) atoms. The normalized spacial score (nSPS) is 12.1. The monoisotopic (exact) mass is 188 g/mol. The van der Waals surface area contributed by atoms with Gasteiger partial charge < -0.3 is 5.32 Å². The minimum Gasteiger partial charge on any atom is -0.374 e. The molecule has 0 amide bonds. The Morgan fingerprint density at radius 3 is 2.50 bits per heavy atom. The summed E-state index contributed by atoms with van der Waals surface area (Å²) in [6.07, 6.45) is 1.53. The van der Waals surface area contributed by atoms with Crippen molar-refractivity contribution in [3.63, 3.8) is 0 Å². The van der Waals surface area contributed by atoms with E-state index in [2.05, 4.69) is 16.9 Å². The molecule has 0 fully saturated rings. The van der Waals surface area contributed by atoms with E-state index in [0.29, 0.717) is 12.3 Å². The van der Waals surface area contributed by atoms with Crippen LogP contribution in [0.3, 0.4) is 0 Å². The van der Waals surface area contributed by atoms with Crippen LogP contribution in [0.4, 0.5) is 0 Å². The molecular weight excluding hydrogens is 176 g/mol. The SMILES string of the molecule is C=CC(C)=N/C(C#N)=C(/C#N)NCC. The molecule has 0 aromatic carbocycles. The first-order valence-electron chi connectivity index (χ1n) is 4.15. The molecule has 0 saturated carbocycles. The first-order chi connectivity index (χ1) is 6.69. The molecule has 0 heterocycles. The summed E-state index contributed by atoms with van der Waals surface area (Å²) >= 11 is 0. The van der Waals surface area contributed by atoms with Crippen molar-refractivity contribution >= 4 is 5.71 Å². The van der Waals surface area contributed by atoms with Gasteiger partial charge in [0.15, 0.2) is 11.4 Å². The molecular formula is C10H12N4.